The molecule has 0 atom stereocenters. The highest BCUT2D eigenvalue weighted by atomic mass is 32.2. The van der Waals surface area contributed by atoms with Gasteiger partial charge in [-0.1, -0.05) is 24.3 Å². The predicted octanol–water partition coefficient (Wildman–Crippen LogP) is 2.60. The van der Waals surface area contributed by atoms with Gasteiger partial charge in [0.1, 0.15) is 15.5 Å². The molecule has 0 aliphatic carbocycles. The number of hydrogen-bond acceptors (Lipinski definition) is 6. The van der Waals surface area contributed by atoms with E-state index in [1.165, 1.54) is 0 Å². The van der Waals surface area contributed by atoms with Gasteiger partial charge in [-0.3, -0.25) is 9.11 Å². The van der Waals surface area contributed by atoms with Crippen LogP contribution in [0, 0.1) is 0 Å². The van der Waals surface area contributed by atoms with Crippen LogP contribution in [-0.2, 0) is 20.2 Å². The summed E-state index contributed by atoms with van der Waals surface area (Å²) in [4.78, 5) is -1.55. The third-order valence-electron chi connectivity index (χ3n) is 2.54. The molecule has 0 amide bonds. The van der Waals surface area contributed by atoms with E-state index in [9.17, 15) is 16.8 Å². The van der Waals surface area contributed by atoms with E-state index in [2.05, 4.69) is 10.2 Å². The molecule has 0 fully saturated rings. The lowest BCUT2D eigenvalue weighted by atomic mass is 10.3. The molecule has 0 bridgehead atoms. The summed E-state index contributed by atoms with van der Waals surface area (Å²) in [5, 5.41) is 7.25. The van der Waals surface area contributed by atoms with Crippen LogP contribution in [-0.4, -0.2) is 25.9 Å². The van der Waals surface area contributed by atoms with Crippen LogP contribution < -0.4 is 0 Å². The minimum absolute atomic E-state index is 0.328. The Bertz CT molecular complexity index is 871. The zero-order chi connectivity index (χ0) is 16.4. The molecule has 0 saturated heterocycles. The van der Waals surface area contributed by atoms with Crippen molar-refractivity contribution in [2.24, 2.45) is 10.2 Å². The maximum Gasteiger partial charge on any atom is 0.296 e. The highest BCUT2D eigenvalue weighted by Crippen LogP contribution is 2.33. The quantitative estimate of drug-likeness (QED) is 0.648. The lowest BCUT2D eigenvalue weighted by molar-refractivity contribution is 0.481. The van der Waals surface area contributed by atoms with E-state index in [4.69, 9.17) is 9.11 Å². The molecule has 0 saturated carbocycles. The molecular weight excluding hydrogens is 332 g/mol. The maximum absolute atomic E-state index is 11.3. The summed E-state index contributed by atoms with van der Waals surface area (Å²) in [5.74, 6) is 0. The minimum atomic E-state index is -4.75. The topological polar surface area (TPSA) is 133 Å². The first-order valence-corrected chi connectivity index (χ1v) is 8.62. The number of benzene rings is 2. The van der Waals surface area contributed by atoms with Gasteiger partial charge in [-0.15, -0.1) is 5.11 Å². The van der Waals surface area contributed by atoms with Crippen molar-refractivity contribution in [2.45, 2.75) is 9.79 Å². The van der Waals surface area contributed by atoms with E-state index < -0.39 is 35.7 Å². The van der Waals surface area contributed by atoms with Gasteiger partial charge in [-0.25, -0.2) is 0 Å². The summed E-state index contributed by atoms with van der Waals surface area (Å²) in [6.45, 7) is 0. The van der Waals surface area contributed by atoms with Crippen LogP contribution in [0.4, 0.5) is 11.4 Å². The molecule has 2 N–H and O–H groups in total. The Morgan fingerprint density at radius 3 is 1.64 bits per heavy atom. The van der Waals surface area contributed by atoms with Gasteiger partial charge in [0.15, 0.2) is 0 Å². The number of azo groups is 1. The van der Waals surface area contributed by atoms with Gasteiger partial charge in [-0.2, -0.15) is 21.9 Å². The van der Waals surface area contributed by atoms with E-state index in [1.807, 2.05) is 0 Å². The fourth-order valence-corrected chi connectivity index (χ4v) is 2.98. The smallest absolute Gasteiger partial charge is 0.282 e. The van der Waals surface area contributed by atoms with Crippen LogP contribution >= 0.6 is 0 Å². The average Bonchev–Trinajstić information content (AvgIpc) is 2.44. The zero-order valence-electron chi connectivity index (χ0n) is 10.9. The summed E-state index contributed by atoms with van der Waals surface area (Å²) >= 11 is 0. The molecule has 0 heterocycles. The van der Waals surface area contributed by atoms with E-state index in [0.717, 1.165) is 18.2 Å². The van der Waals surface area contributed by atoms with Crippen molar-refractivity contribution < 1.29 is 25.9 Å². The first-order chi connectivity index (χ1) is 10.2. The Morgan fingerprint density at radius 1 is 0.682 bits per heavy atom. The summed E-state index contributed by atoms with van der Waals surface area (Å²) in [6.07, 6.45) is 0. The molecule has 8 nitrogen and oxygen atoms in total. The maximum atomic E-state index is 11.3. The average molecular weight is 342 g/mol. The Balaban J connectivity index is 2.69. The van der Waals surface area contributed by atoms with Gasteiger partial charge >= 0.3 is 0 Å². The van der Waals surface area contributed by atoms with Crippen LogP contribution in [0.25, 0.3) is 0 Å². The van der Waals surface area contributed by atoms with E-state index in [-0.39, 0.29) is 0 Å². The summed E-state index contributed by atoms with van der Waals surface area (Å²) in [6, 6.07) is 11.0. The molecule has 0 aromatic heterocycles. The largest absolute Gasteiger partial charge is 0.296 e. The number of hydrogen-bond donors (Lipinski definition) is 2. The fourth-order valence-electron chi connectivity index (χ4n) is 1.62. The van der Waals surface area contributed by atoms with Gasteiger partial charge in [0, 0.05) is 0 Å². The van der Waals surface area contributed by atoms with E-state index in [1.54, 1.807) is 30.3 Å². The van der Waals surface area contributed by atoms with Crippen molar-refractivity contribution in [1.82, 2.24) is 0 Å². The van der Waals surface area contributed by atoms with Gasteiger partial charge in [-0.05, 0) is 24.3 Å². The molecule has 2 rings (SSSR count). The molecule has 0 radical (unpaired) electrons. The molecule has 22 heavy (non-hydrogen) atoms. The van der Waals surface area contributed by atoms with Crippen LogP contribution in [0.15, 0.2) is 68.6 Å². The predicted molar refractivity (Wildman–Crippen MR) is 76.7 cm³/mol. The van der Waals surface area contributed by atoms with Gasteiger partial charge in [0.25, 0.3) is 20.2 Å². The van der Waals surface area contributed by atoms with Crippen molar-refractivity contribution in [3.8, 4) is 0 Å². The number of nitrogens with zero attached hydrogens (tertiary/aromatic N) is 2. The monoisotopic (exact) mass is 342 g/mol. The molecule has 10 heteroatoms. The molecule has 116 valence electrons. The SMILES string of the molecule is O=S(=O)(O)c1cccc(S(=O)(=O)O)c1/N=N/c1ccccc1. The van der Waals surface area contributed by atoms with Crippen LogP contribution in [0.2, 0.25) is 0 Å². The molecule has 2 aromatic rings. The second kappa shape index (κ2) is 5.93. The first-order valence-electron chi connectivity index (χ1n) is 5.74. The van der Waals surface area contributed by atoms with Gasteiger partial charge < -0.3 is 0 Å². The summed E-state index contributed by atoms with van der Waals surface area (Å²) in [5.41, 5.74) is -0.342. The Morgan fingerprint density at radius 2 is 1.18 bits per heavy atom. The molecular formula is C12H10N2O6S2. The lowest BCUT2D eigenvalue weighted by Gasteiger charge is -2.06. The number of rotatable bonds is 4. The van der Waals surface area contributed by atoms with E-state index in [0.29, 0.717) is 5.69 Å². The second-order valence-electron chi connectivity index (χ2n) is 4.09. The molecule has 0 aliphatic rings. The third kappa shape index (κ3) is 3.74. The van der Waals surface area contributed by atoms with Crippen molar-refractivity contribution in [2.75, 3.05) is 0 Å². The van der Waals surface area contributed by atoms with Crippen LogP contribution in [0.3, 0.4) is 0 Å². The Hall–Kier alpha value is -2.14. The van der Waals surface area contributed by atoms with Gasteiger partial charge in [0.2, 0.25) is 0 Å². The summed E-state index contributed by atoms with van der Waals surface area (Å²) in [7, 11) is -9.50. The van der Waals surface area contributed by atoms with Crippen LogP contribution in [0.5, 0.6) is 0 Å². The van der Waals surface area contributed by atoms with Gasteiger partial charge in [0.05, 0.1) is 5.69 Å². The highest BCUT2D eigenvalue weighted by Gasteiger charge is 2.24. The zero-order valence-corrected chi connectivity index (χ0v) is 12.5. The van der Waals surface area contributed by atoms with Crippen molar-refractivity contribution >= 4 is 31.6 Å². The Kier molecular flexibility index (Phi) is 4.37. The second-order valence-corrected chi connectivity index (χ2v) is 6.87. The van der Waals surface area contributed by atoms with Crippen molar-refractivity contribution in [1.29, 1.82) is 0 Å². The molecule has 0 spiro atoms. The lowest BCUT2D eigenvalue weighted by Crippen LogP contribution is -2.04. The molecule has 0 aliphatic heterocycles. The van der Waals surface area contributed by atoms with Crippen molar-refractivity contribution in [3.05, 3.63) is 48.5 Å². The standard InChI is InChI=1S/C12H10N2O6S2/c15-21(16,17)10-7-4-8-11(22(18,19)20)12(10)14-13-9-5-2-1-3-6-9/h1-8H,(H,15,16,17)(H,18,19,20)/b14-13+. The molecule has 0 unspecified atom stereocenters. The summed E-state index contributed by atoms with van der Waals surface area (Å²) < 4.78 is 63.6. The first kappa shape index (κ1) is 16.2. The normalized spacial score (nSPS) is 12.6. The van der Waals surface area contributed by atoms with Crippen molar-refractivity contribution in [3.63, 3.8) is 0 Å². The highest BCUT2D eigenvalue weighted by molar-refractivity contribution is 7.87. The van der Waals surface area contributed by atoms with Crippen LogP contribution in [0.1, 0.15) is 0 Å². The van der Waals surface area contributed by atoms with E-state index >= 15 is 0 Å². The molecule has 2 aromatic carbocycles. The minimum Gasteiger partial charge on any atom is -0.282 e. The third-order valence-corrected chi connectivity index (χ3v) is 4.31. The Labute approximate surface area is 126 Å². The fraction of sp³-hybridized carbons (Fsp3) is 0.